The summed E-state index contributed by atoms with van der Waals surface area (Å²) in [6.45, 7) is 5.48. The number of benzene rings is 2. The van der Waals surface area contributed by atoms with Gasteiger partial charge in [0, 0.05) is 18.8 Å². The summed E-state index contributed by atoms with van der Waals surface area (Å²) in [5.74, 6) is 1.43. The van der Waals surface area contributed by atoms with Crippen molar-refractivity contribution < 1.29 is 14.3 Å². The molecule has 0 aliphatic carbocycles. The lowest BCUT2D eigenvalue weighted by Crippen LogP contribution is -2.39. The van der Waals surface area contributed by atoms with E-state index in [0.717, 1.165) is 36.3 Å². The molecule has 0 saturated heterocycles. The minimum Gasteiger partial charge on any atom is -0.493 e. The molecule has 0 saturated carbocycles. The van der Waals surface area contributed by atoms with Crippen LogP contribution in [0.4, 0.5) is 10.5 Å². The van der Waals surface area contributed by atoms with E-state index in [1.54, 1.807) is 14.2 Å². The smallest absolute Gasteiger partial charge is 0.322 e. The zero-order valence-corrected chi connectivity index (χ0v) is 16.6. The molecule has 2 aromatic carbocycles. The average Bonchev–Trinajstić information content (AvgIpc) is 2.72. The van der Waals surface area contributed by atoms with Gasteiger partial charge >= 0.3 is 6.03 Å². The summed E-state index contributed by atoms with van der Waals surface area (Å²) in [5.41, 5.74) is 5.62. The number of methoxy groups -OCH3 is 2. The van der Waals surface area contributed by atoms with E-state index in [4.69, 9.17) is 9.47 Å². The van der Waals surface area contributed by atoms with Crippen molar-refractivity contribution >= 4 is 11.7 Å². The predicted octanol–water partition coefficient (Wildman–Crippen LogP) is 4.42. The van der Waals surface area contributed by atoms with E-state index in [9.17, 15) is 4.79 Å². The van der Waals surface area contributed by atoms with Crippen molar-refractivity contribution in [3.05, 3.63) is 52.6 Å². The number of carbonyl (C=O) groups is 1. The van der Waals surface area contributed by atoms with Crippen LogP contribution in [0.15, 0.2) is 30.3 Å². The number of hydrogen-bond acceptors (Lipinski definition) is 3. The molecule has 5 nitrogen and oxygen atoms in total. The first-order chi connectivity index (χ1) is 13.1. The van der Waals surface area contributed by atoms with Gasteiger partial charge in [0.25, 0.3) is 0 Å². The lowest BCUT2D eigenvalue weighted by molar-refractivity contribution is 0.206. The van der Waals surface area contributed by atoms with E-state index in [1.165, 1.54) is 16.7 Å². The number of carbonyl (C=O) groups excluding carboxylic acids is 1. The average molecular weight is 368 g/mol. The van der Waals surface area contributed by atoms with Crippen LogP contribution in [-0.2, 0) is 25.8 Å². The monoisotopic (exact) mass is 368 g/mol. The lowest BCUT2D eigenvalue weighted by atomic mass is 9.99. The first kappa shape index (κ1) is 19.1. The summed E-state index contributed by atoms with van der Waals surface area (Å²) in [6.07, 6.45) is 2.59. The molecule has 27 heavy (non-hydrogen) atoms. The Balaban J connectivity index is 1.81. The van der Waals surface area contributed by atoms with Crippen LogP contribution in [0.5, 0.6) is 11.5 Å². The van der Waals surface area contributed by atoms with E-state index in [-0.39, 0.29) is 6.03 Å². The van der Waals surface area contributed by atoms with E-state index < -0.39 is 0 Å². The zero-order chi connectivity index (χ0) is 19.4. The standard InChI is InChI=1S/C22H28N2O3/c1-5-15-8-7-9-16(6-2)21(15)23-22(25)24-11-10-17-12-19(26-3)20(27-4)13-18(17)14-24/h7-9,12-13H,5-6,10-11,14H2,1-4H3,(H,23,25). The van der Waals surface area contributed by atoms with E-state index in [0.29, 0.717) is 18.8 Å². The van der Waals surface area contributed by atoms with Crippen LogP contribution >= 0.6 is 0 Å². The summed E-state index contributed by atoms with van der Waals surface area (Å²) in [7, 11) is 3.27. The third-order valence-electron chi connectivity index (χ3n) is 5.24. The molecule has 1 aliphatic rings. The number of hydrogen-bond donors (Lipinski definition) is 1. The lowest BCUT2D eigenvalue weighted by Gasteiger charge is -2.30. The number of aryl methyl sites for hydroxylation is 2. The minimum absolute atomic E-state index is 0.0500. The topological polar surface area (TPSA) is 50.8 Å². The number of anilines is 1. The molecule has 1 aliphatic heterocycles. The maximum atomic E-state index is 13.0. The summed E-state index contributed by atoms with van der Waals surface area (Å²) < 4.78 is 10.8. The van der Waals surface area contributed by atoms with Crippen molar-refractivity contribution in [3.63, 3.8) is 0 Å². The number of rotatable bonds is 5. The van der Waals surface area contributed by atoms with Gasteiger partial charge in [0.2, 0.25) is 0 Å². The first-order valence-electron chi connectivity index (χ1n) is 9.51. The Morgan fingerprint density at radius 1 is 1.04 bits per heavy atom. The van der Waals surface area contributed by atoms with Gasteiger partial charge in [-0.1, -0.05) is 32.0 Å². The summed E-state index contributed by atoms with van der Waals surface area (Å²) in [4.78, 5) is 14.8. The molecule has 1 heterocycles. The van der Waals surface area contributed by atoms with Crippen LogP contribution < -0.4 is 14.8 Å². The van der Waals surface area contributed by atoms with Crippen LogP contribution in [0.1, 0.15) is 36.1 Å². The summed E-state index contributed by atoms with van der Waals surface area (Å²) in [6, 6.07) is 10.2. The van der Waals surface area contributed by atoms with Gasteiger partial charge in [-0.3, -0.25) is 0 Å². The Kier molecular flexibility index (Phi) is 5.89. The van der Waals surface area contributed by atoms with Crippen molar-refractivity contribution in [3.8, 4) is 11.5 Å². The molecule has 144 valence electrons. The Bertz CT molecular complexity index is 810. The maximum absolute atomic E-state index is 13.0. The molecule has 2 aromatic rings. The molecule has 0 fully saturated rings. The fourth-order valence-electron chi connectivity index (χ4n) is 3.65. The number of para-hydroxylation sites is 1. The molecule has 0 unspecified atom stereocenters. The van der Waals surface area contributed by atoms with Gasteiger partial charge in [-0.05, 0) is 53.6 Å². The van der Waals surface area contributed by atoms with Crippen molar-refractivity contribution in [1.29, 1.82) is 0 Å². The van der Waals surface area contributed by atoms with Crippen molar-refractivity contribution in [2.24, 2.45) is 0 Å². The summed E-state index contributed by atoms with van der Waals surface area (Å²) in [5, 5.41) is 3.16. The molecule has 0 aromatic heterocycles. The second-order valence-corrected chi connectivity index (χ2v) is 6.74. The van der Waals surface area contributed by atoms with Gasteiger partial charge in [-0.25, -0.2) is 4.79 Å². The third kappa shape index (κ3) is 3.87. The van der Waals surface area contributed by atoms with E-state index in [2.05, 4.69) is 37.4 Å². The van der Waals surface area contributed by atoms with Gasteiger partial charge in [0.05, 0.1) is 14.2 Å². The van der Waals surface area contributed by atoms with Gasteiger partial charge < -0.3 is 19.7 Å². The van der Waals surface area contributed by atoms with Crippen LogP contribution in [0.2, 0.25) is 0 Å². The van der Waals surface area contributed by atoms with Crippen LogP contribution in [0, 0.1) is 0 Å². The van der Waals surface area contributed by atoms with Gasteiger partial charge in [-0.15, -0.1) is 0 Å². The van der Waals surface area contributed by atoms with Crippen molar-refractivity contribution in [2.75, 3.05) is 26.1 Å². The molecule has 0 atom stereocenters. The quantitative estimate of drug-likeness (QED) is 0.850. The van der Waals surface area contributed by atoms with Crippen molar-refractivity contribution in [1.82, 2.24) is 4.90 Å². The molecule has 1 N–H and O–H groups in total. The van der Waals surface area contributed by atoms with E-state index >= 15 is 0 Å². The van der Waals surface area contributed by atoms with Crippen LogP contribution in [-0.4, -0.2) is 31.7 Å². The first-order valence-corrected chi connectivity index (χ1v) is 9.51. The highest BCUT2D eigenvalue weighted by Gasteiger charge is 2.23. The normalized spacial score (nSPS) is 13.1. The predicted molar refractivity (Wildman–Crippen MR) is 108 cm³/mol. The Morgan fingerprint density at radius 2 is 1.63 bits per heavy atom. The van der Waals surface area contributed by atoms with Crippen LogP contribution in [0.3, 0.4) is 0 Å². The number of urea groups is 1. The number of ether oxygens (including phenoxy) is 2. The molecule has 5 heteroatoms. The van der Waals surface area contributed by atoms with Gasteiger partial charge in [0.1, 0.15) is 0 Å². The second-order valence-electron chi connectivity index (χ2n) is 6.74. The highest BCUT2D eigenvalue weighted by Crippen LogP contribution is 2.33. The zero-order valence-electron chi connectivity index (χ0n) is 16.6. The molecular formula is C22H28N2O3. The fourth-order valence-corrected chi connectivity index (χ4v) is 3.65. The molecule has 3 rings (SSSR count). The third-order valence-corrected chi connectivity index (χ3v) is 5.24. The number of fused-ring (bicyclic) bond motifs is 1. The second kappa shape index (κ2) is 8.33. The number of nitrogens with zero attached hydrogens (tertiary/aromatic N) is 1. The number of nitrogens with one attached hydrogen (secondary N) is 1. The molecule has 0 spiro atoms. The molecule has 2 amide bonds. The molecule has 0 radical (unpaired) electrons. The van der Waals surface area contributed by atoms with Gasteiger partial charge in [-0.2, -0.15) is 0 Å². The fraction of sp³-hybridized carbons (Fsp3) is 0.409. The van der Waals surface area contributed by atoms with E-state index in [1.807, 2.05) is 17.0 Å². The minimum atomic E-state index is -0.0500. The van der Waals surface area contributed by atoms with Crippen molar-refractivity contribution in [2.45, 2.75) is 39.7 Å². The highest BCUT2D eigenvalue weighted by molar-refractivity contribution is 5.91. The highest BCUT2D eigenvalue weighted by atomic mass is 16.5. The molecule has 0 bridgehead atoms. The Hall–Kier alpha value is -2.69. The maximum Gasteiger partial charge on any atom is 0.322 e. The van der Waals surface area contributed by atoms with Crippen LogP contribution in [0.25, 0.3) is 0 Å². The largest absolute Gasteiger partial charge is 0.493 e. The summed E-state index contributed by atoms with van der Waals surface area (Å²) >= 11 is 0. The Labute approximate surface area is 161 Å². The van der Waals surface area contributed by atoms with Gasteiger partial charge in [0.15, 0.2) is 11.5 Å². The number of amides is 2. The SMILES string of the molecule is CCc1cccc(CC)c1NC(=O)N1CCc2cc(OC)c(OC)cc2C1. The Morgan fingerprint density at radius 3 is 2.19 bits per heavy atom. The molecular weight excluding hydrogens is 340 g/mol.